The van der Waals surface area contributed by atoms with E-state index in [2.05, 4.69) is 8.58 Å². The van der Waals surface area contributed by atoms with Gasteiger partial charge in [0.15, 0.2) is 0 Å². The first kappa shape index (κ1) is 12.2. The summed E-state index contributed by atoms with van der Waals surface area (Å²) in [6.07, 6.45) is 0.777. The van der Waals surface area contributed by atoms with E-state index in [-0.39, 0.29) is 0 Å². The van der Waals surface area contributed by atoms with E-state index in [1.165, 1.54) is 0 Å². The van der Waals surface area contributed by atoms with Crippen LogP contribution in [0.3, 0.4) is 0 Å². The summed E-state index contributed by atoms with van der Waals surface area (Å²) in [6, 6.07) is 0. The first-order valence-electron chi connectivity index (χ1n) is 2.32. The lowest BCUT2D eigenvalue weighted by molar-refractivity contribution is 0.326. The molecule has 0 aliphatic carbocycles. The fourth-order valence-electron chi connectivity index (χ4n) is 0.213. The van der Waals surface area contributed by atoms with Gasteiger partial charge >= 0.3 is 10.3 Å². The zero-order valence-electron chi connectivity index (χ0n) is 5.33. The summed E-state index contributed by atoms with van der Waals surface area (Å²) < 4.78 is 25.3. The molecule has 0 unspecified atom stereocenters. The zero-order valence-corrected chi connectivity index (χ0v) is 8.41. The minimum atomic E-state index is -4.32. The van der Waals surface area contributed by atoms with Gasteiger partial charge < -0.3 is 0 Å². The molecular weight excluding hydrogens is 252 g/mol. The number of hydrogen-bond acceptors (Lipinski definition) is 4. The van der Waals surface area contributed by atoms with Crippen LogP contribution in [0, 0.1) is 0 Å². The third-order valence-corrected chi connectivity index (χ3v) is 1.56. The number of hydrogen-bond donors (Lipinski definition) is 0. The SMILES string of the molecule is O=C=NS(=O)(=O)OCC(Cl)(Cl)Cl. The number of halogens is 3. The summed E-state index contributed by atoms with van der Waals surface area (Å²) in [5, 5.41) is 0. The molecule has 0 heterocycles. The van der Waals surface area contributed by atoms with Crippen molar-refractivity contribution in [2.45, 2.75) is 3.79 Å². The van der Waals surface area contributed by atoms with Crippen LogP contribution in [0.15, 0.2) is 4.40 Å². The molecule has 0 rings (SSSR count). The fraction of sp³-hybridized carbons (Fsp3) is 0.667. The van der Waals surface area contributed by atoms with Gasteiger partial charge in [-0.15, -0.1) is 0 Å². The Bertz CT molecular complexity index is 287. The van der Waals surface area contributed by atoms with Gasteiger partial charge in [-0.3, -0.25) is 0 Å². The molecule has 70 valence electrons. The number of isocyanates is 1. The van der Waals surface area contributed by atoms with Crippen molar-refractivity contribution >= 4 is 51.2 Å². The van der Waals surface area contributed by atoms with Crippen molar-refractivity contribution in [1.82, 2.24) is 0 Å². The molecule has 0 atom stereocenters. The maximum atomic E-state index is 10.4. The Morgan fingerprint density at radius 1 is 1.42 bits per heavy atom. The van der Waals surface area contributed by atoms with Gasteiger partial charge in [0, 0.05) is 0 Å². The van der Waals surface area contributed by atoms with Gasteiger partial charge in [0.05, 0.1) is 0 Å². The number of nitrogens with zero attached hydrogens (tertiary/aromatic N) is 1. The summed E-state index contributed by atoms with van der Waals surface area (Å²) >= 11 is 15.4. The minimum Gasteiger partial charge on any atom is -0.247 e. The van der Waals surface area contributed by atoms with E-state index in [0.717, 1.165) is 6.08 Å². The van der Waals surface area contributed by atoms with Crippen LogP contribution in [0.1, 0.15) is 0 Å². The third kappa shape index (κ3) is 6.84. The molecule has 12 heavy (non-hydrogen) atoms. The highest BCUT2D eigenvalue weighted by Gasteiger charge is 2.23. The molecule has 0 N–H and O–H groups in total. The van der Waals surface area contributed by atoms with E-state index in [4.69, 9.17) is 34.8 Å². The van der Waals surface area contributed by atoms with Gasteiger partial charge in [-0.25, -0.2) is 8.98 Å². The van der Waals surface area contributed by atoms with E-state index in [9.17, 15) is 13.2 Å². The molecule has 0 bridgehead atoms. The van der Waals surface area contributed by atoms with Crippen LogP contribution < -0.4 is 0 Å². The van der Waals surface area contributed by atoms with Crippen LogP contribution in [-0.4, -0.2) is 24.9 Å². The second kappa shape index (κ2) is 4.41. The molecule has 0 aliphatic heterocycles. The Labute approximate surface area is 83.5 Å². The summed E-state index contributed by atoms with van der Waals surface area (Å²) in [5.41, 5.74) is 0. The normalized spacial score (nSPS) is 12.2. The second-order valence-electron chi connectivity index (χ2n) is 1.49. The van der Waals surface area contributed by atoms with Crippen molar-refractivity contribution in [3.8, 4) is 0 Å². The molecule has 0 aromatic carbocycles. The molecule has 0 aromatic heterocycles. The van der Waals surface area contributed by atoms with Gasteiger partial charge in [0.2, 0.25) is 3.79 Å². The van der Waals surface area contributed by atoms with Crippen LogP contribution in [0.25, 0.3) is 0 Å². The molecule has 5 nitrogen and oxygen atoms in total. The van der Waals surface area contributed by atoms with Crippen molar-refractivity contribution in [2.75, 3.05) is 6.61 Å². The Morgan fingerprint density at radius 3 is 2.25 bits per heavy atom. The number of carbonyl (C=O) groups excluding carboxylic acids is 1. The molecule has 0 amide bonds. The lowest BCUT2D eigenvalue weighted by atomic mass is 10.9. The van der Waals surface area contributed by atoms with E-state index in [1.54, 1.807) is 0 Å². The Kier molecular flexibility index (Phi) is 4.47. The average Bonchev–Trinajstić information content (AvgIpc) is 1.83. The summed E-state index contributed by atoms with van der Waals surface area (Å²) in [7, 11) is -4.32. The smallest absolute Gasteiger partial charge is 0.247 e. The van der Waals surface area contributed by atoms with Crippen LogP contribution in [0.5, 0.6) is 0 Å². The summed E-state index contributed by atoms with van der Waals surface area (Å²) in [6.45, 7) is -0.717. The van der Waals surface area contributed by atoms with Gasteiger partial charge in [0.1, 0.15) is 6.61 Å². The molecule has 0 saturated carbocycles. The zero-order chi connectivity index (χ0) is 9.83. The first-order chi connectivity index (χ1) is 5.27. The van der Waals surface area contributed by atoms with Gasteiger partial charge in [0.25, 0.3) is 6.08 Å². The standard InChI is InChI=1S/C3H2Cl3NO4S/c4-3(5,6)1-11-12(9,10)7-2-8/h1H2. The van der Waals surface area contributed by atoms with E-state index < -0.39 is 20.7 Å². The van der Waals surface area contributed by atoms with Gasteiger partial charge in [-0.1, -0.05) is 39.2 Å². The monoisotopic (exact) mass is 253 g/mol. The van der Waals surface area contributed by atoms with Crippen LogP contribution in [0.2, 0.25) is 0 Å². The van der Waals surface area contributed by atoms with E-state index in [1.807, 2.05) is 0 Å². The van der Waals surface area contributed by atoms with Gasteiger partial charge in [-0.2, -0.15) is 8.42 Å². The molecule has 0 fully saturated rings. The Hall–Kier alpha value is 0.160. The summed E-state index contributed by atoms with van der Waals surface area (Å²) in [5.74, 6) is 0. The Morgan fingerprint density at radius 2 is 1.92 bits per heavy atom. The fourth-order valence-corrected chi connectivity index (χ4v) is 1.04. The molecule has 0 aromatic rings. The topological polar surface area (TPSA) is 72.8 Å². The molecule has 0 radical (unpaired) electrons. The number of rotatable bonds is 3. The highest BCUT2D eigenvalue weighted by molar-refractivity contribution is 7.85. The van der Waals surface area contributed by atoms with Crippen molar-refractivity contribution in [3.63, 3.8) is 0 Å². The highest BCUT2D eigenvalue weighted by atomic mass is 35.6. The quantitative estimate of drug-likeness (QED) is 0.427. The van der Waals surface area contributed by atoms with Crippen LogP contribution in [-0.2, 0) is 19.3 Å². The maximum absolute atomic E-state index is 10.4. The van der Waals surface area contributed by atoms with Crippen molar-refractivity contribution < 1.29 is 17.4 Å². The van der Waals surface area contributed by atoms with E-state index >= 15 is 0 Å². The molecule has 0 saturated heterocycles. The molecule has 0 aliphatic rings. The molecule has 0 spiro atoms. The second-order valence-corrected chi connectivity index (χ2v) is 5.28. The van der Waals surface area contributed by atoms with Crippen LogP contribution in [0.4, 0.5) is 0 Å². The summed E-state index contributed by atoms with van der Waals surface area (Å²) in [4.78, 5) is 9.50. The largest absolute Gasteiger partial charge is 0.391 e. The minimum absolute atomic E-state index is 0.717. The van der Waals surface area contributed by atoms with Crippen LogP contribution >= 0.6 is 34.8 Å². The van der Waals surface area contributed by atoms with E-state index in [0.29, 0.717) is 0 Å². The lowest BCUT2D eigenvalue weighted by Crippen LogP contribution is -2.16. The predicted octanol–water partition coefficient (Wildman–Crippen LogP) is 0.954. The average molecular weight is 254 g/mol. The molecule has 9 heteroatoms. The first-order valence-corrected chi connectivity index (χ1v) is 4.82. The van der Waals surface area contributed by atoms with Crippen molar-refractivity contribution in [2.24, 2.45) is 4.40 Å². The predicted molar refractivity (Wildman–Crippen MR) is 43.3 cm³/mol. The third-order valence-electron chi connectivity index (χ3n) is 0.521. The van der Waals surface area contributed by atoms with Gasteiger partial charge in [-0.05, 0) is 0 Å². The molecular formula is C3H2Cl3NO4S. The van der Waals surface area contributed by atoms with Crippen molar-refractivity contribution in [3.05, 3.63) is 0 Å². The van der Waals surface area contributed by atoms with Crippen molar-refractivity contribution in [1.29, 1.82) is 0 Å². The lowest BCUT2D eigenvalue weighted by Gasteiger charge is -2.07. The number of alkyl halides is 3. The Balaban J connectivity index is 4.21. The maximum Gasteiger partial charge on any atom is 0.391 e. The highest BCUT2D eigenvalue weighted by Crippen LogP contribution is 2.26.